The predicted octanol–water partition coefficient (Wildman–Crippen LogP) is 7.80. The van der Waals surface area contributed by atoms with Crippen LogP contribution in [0.5, 0.6) is 0 Å². The molecule has 0 aliphatic carbocycles. The third-order valence-corrected chi connectivity index (χ3v) is 7.27. The Morgan fingerprint density at radius 2 is 1.49 bits per heavy atom. The van der Waals surface area contributed by atoms with Crippen LogP contribution < -0.4 is 10.6 Å². The Balaban J connectivity index is 2.48. The monoisotopic (exact) mass is 565 g/mol. The Labute approximate surface area is 247 Å². The summed E-state index contributed by atoms with van der Waals surface area (Å²) in [5.41, 5.74) is 1.66. The van der Waals surface area contributed by atoms with E-state index in [2.05, 4.69) is 17.6 Å². The molecule has 2 aromatic rings. The summed E-state index contributed by atoms with van der Waals surface area (Å²) < 4.78 is 5.51. The molecular formula is C34H51N3O4. The van der Waals surface area contributed by atoms with Gasteiger partial charge in [0.2, 0.25) is 5.91 Å². The maximum Gasteiger partial charge on any atom is 0.408 e. The summed E-state index contributed by atoms with van der Waals surface area (Å²) in [5.74, 6) is -0.740. The molecule has 2 aromatic carbocycles. The number of alkyl carbamates (subject to hydrolysis) is 1. The minimum absolute atomic E-state index is 0.169. The van der Waals surface area contributed by atoms with Crippen molar-refractivity contribution in [1.29, 1.82) is 0 Å². The highest BCUT2D eigenvalue weighted by Crippen LogP contribution is 2.27. The van der Waals surface area contributed by atoms with E-state index in [1.54, 1.807) is 25.7 Å². The first-order valence-corrected chi connectivity index (χ1v) is 15.2. The maximum absolute atomic E-state index is 14.4. The number of ether oxygens (including phenoxy) is 1. The largest absolute Gasteiger partial charge is 0.444 e. The fraction of sp³-hybridized carbons (Fsp3) is 0.559. The number of para-hydroxylation sites is 1. The van der Waals surface area contributed by atoms with Crippen molar-refractivity contribution in [3.05, 3.63) is 65.7 Å². The van der Waals surface area contributed by atoms with Gasteiger partial charge in [-0.25, -0.2) is 4.79 Å². The van der Waals surface area contributed by atoms with E-state index in [-0.39, 0.29) is 17.7 Å². The fourth-order valence-corrected chi connectivity index (χ4v) is 4.75. The van der Waals surface area contributed by atoms with E-state index < -0.39 is 23.8 Å². The van der Waals surface area contributed by atoms with Crippen LogP contribution in [0.2, 0.25) is 0 Å². The lowest BCUT2D eigenvalue weighted by Gasteiger charge is -2.36. The fourth-order valence-electron chi connectivity index (χ4n) is 4.75. The van der Waals surface area contributed by atoms with Gasteiger partial charge >= 0.3 is 6.09 Å². The Morgan fingerprint density at radius 3 is 2.10 bits per heavy atom. The normalized spacial score (nSPS) is 13.5. The number of rotatable bonds is 15. The molecule has 0 aliphatic rings. The third kappa shape index (κ3) is 11.2. The first-order chi connectivity index (χ1) is 19.5. The zero-order chi connectivity index (χ0) is 30.4. The van der Waals surface area contributed by atoms with E-state index >= 15 is 0 Å². The summed E-state index contributed by atoms with van der Waals surface area (Å²) in [6, 6.07) is 15.3. The topological polar surface area (TPSA) is 87.7 Å². The zero-order valence-electron chi connectivity index (χ0n) is 26.2. The molecule has 3 unspecified atom stereocenters. The average molecular weight is 566 g/mol. The van der Waals surface area contributed by atoms with Gasteiger partial charge in [-0.2, -0.15) is 0 Å². The van der Waals surface area contributed by atoms with Crippen molar-refractivity contribution < 1.29 is 19.1 Å². The highest BCUT2D eigenvalue weighted by molar-refractivity contribution is 5.99. The predicted molar refractivity (Wildman–Crippen MR) is 167 cm³/mol. The highest BCUT2D eigenvalue weighted by Gasteiger charge is 2.38. The van der Waals surface area contributed by atoms with Gasteiger partial charge in [0.1, 0.15) is 17.7 Å². The number of aryl methyl sites for hydroxylation is 1. The minimum Gasteiger partial charge on any atom is -0.444 e. The quantitative estimate of drug-likeness (QED) is 0.216. The lowest BCUT2D eigenvalue weighted by molar-refractivity contribution is -0.142. The summed E-state index contributed by atoms with van der Waals surface area (Å²) in [5, 5.41) is 5.91. The Hall–Kier alpha value is -3.35. The molecule has 3 atom stereocenters. The summed E-state index contributed by atoms with van der Waals surface area (Å²) in [6.07, 6.45) is 6.31. The van der Waals surface area contributed by atoms with Crippen LogP contribution in [0.3, 0.4) is 0 Å². The molecule has 0 radical (unpaired) electrons. The third-order valence-electron chi connectivity index (χ3n) is 7.27. The van der Waals surface area contributed by atoms with Crippen LogP contribution in [0, 0.1) is 12.8 Å². The molecule has 7 heteroatoms. The molecule has 0 bridgehead atoms. The van der Waals surface area contributed by atoms with E-state index in [9.17, 15) is 14.4 Å². The molecule has 3 amide bonds. The molecule has 0 saturated heterocycles. The van der Waals surface area contributed by atoms with Crippen LogP contribution in [0.15, 0.2) is 54.6 Å². The molecule has 0 aliphatic heterocycles. The maximum atomic E-state index is 14.4. The summed E-state index contributed by atoms with van der Waals surface area (Å²) >= 11 is 0. The van der Waals surface area contributed by atoms with E-state index in [0.717, 1.165) is 43.2 Å². The molecular weight excluding hydrogens is 514 g/mol. The SMILES string of the molecule is CCCCCCCCN(C(=O)C(NC(=O)OC(C)(C)C)C(C)CC)C(C(=O)Nc1ccccc1C)c1ccccc1. The van der Waals surface area contributed by atoms with Gasteiger partial charge in [-0.3, -0.25) is 9.59 Å². The highest BCUT2D eigenvalue weighted by atomic mass is 16.6. The number of hydrogen-bond acceptors (Lipinski definition) is 4. The number of nitrogens with zero attached hydrogens (tertiary/aromatic N) is 1. The molecule has 2 rings (SSSR count). The van der Waals surface area contributed by atoms with Gasteiger partial charge < -0.3 is 20.3 Å². The second kappa shape index (κ2) is 16.8. The van der Waals surface area contributed by atoms with Crippen molar-refractivity contribution in [2.75, 3.05) is 11.9 Å². The van der Waals surface area contributed by atoms with Gasteiger partial charge in [0.25, 0.3) is 5.91 Å². The van der Waals surface area contributed by atoms with Crippen LogP contribution in [-0.4, -0.2) is 41.0 Å². The van der Waals surface area contributed by atoms with Gasteiger partial charge in [-0.1, -0.05) is 108 Å². The van der Waals surface area contributed by atoms with E-state index in [0.29, 0.717) is 18.7 Å². The van der Waals surface area contributed by atoms with E-state index in [4.69, 9.17) is 4.74 Å². The standard InChI is InChI=1S/C34H51N3O4/c1-8-10-11-12-13-19-24-37(32(39)29(25(3)9-2)36-33(40)41-34(5,6)7)30(27-21-15-14-16-22-27)31(38)35-28-23-18-17-20-26(28)4/h14-18,20-23,25,29-30H,8-13,19,24H2,1-7H3,(H,35,38)(H,36,40). The van der Waals surface area contributed by atoms with Crippen molar-refractivity contribution in [1.82, 2.24) is 10.2 Å². The summed E-state index contributed by atoms with van der Waals surface area (Å²) in [6.45, 7) is 13.8. The van der Waals surface area contributed by atoms with Gasteiger partial charge in [0.15, 0.2) is 0 Å². The number of hydrogen-bond donors (Lipinski definition) is 2. The first-order valence-electron chi connectivity index (χ1n) is 15.2. The number of benzene rings is 2. The van der Waals surface area contributed by atoms with Crippen molar-refractivity contribution in [2.45, 2.75) is 111 Å². The number of anilines is 1. The minimum atomic E-state index is -0.869. The number of nitrogens with one attached hydrogen (secondary N) is 2. The molecule has 2 N–H and O–H groups in total. The van der Waals surface area contributed by atoms with Crippen molar-refractivity contribution in [3.8, 4) is 0 Å². The Kier molecular flexibility index (Phi) is 13.9. The molecule has 0 heterocycles. The lowest BCUT2D eigenvalue weighted by Crippen LogP contribution is -2.55. The average Bonchev–Trinajstić information content (AvgIpc) is 2.93. The zero-order valence-corrected chi connectivity index (χ0v) is 26.2. The number of amides is 3. The van der Waals surface area contributed by atoms with Gasteiger partial charge in [0.05, 0.1) is 0 Å². The smallest absolute Gasteiger partial charge is 0.408 e. The van der Waals surface area contributed by atoms with Gasteiger partial charge in [-0.05, 0) is 57.2 Å². The summed E-state index contributed by atoms with van der Waals surface area (Å²) in [4.78, 5) is 43.0. The van der Waals surface area contributed by atoms with Gasteiger partial charge in [-0.15, -0.1) is 0 Å². The van der Waals surface area contributed by atoms with Crippen molar-refractivity contribution in [2.24, 2.45) is 5.92 Å². The van der Waals surface area contributed by atoms with Crippen LogP contribution in [0.1, 0.15) is 104 Å². The van der Waals surface area contributed by atoms with Crippen LogP contribution in [0.4, 0.5) is 10.5 Å². The van der Waals surface area contributed by atoms with Crippen LogP contribution >= 0.6 is 0 Å². The molecule has 41 heavy (non-hydrogen) atoms. The van der Waals surface area contributed by atoms with Crippen LogP contribution in [0.25, 0.3) is 0 Å². The number of carbonyl (C=O) groups excluding carboxylic acids is 3. The molecule has 0 aromatic heterocycles. The van der Waals surface area contributed by atoms with E-state index in [1.165, 1.54) is 6.42 Å². The Morgan fingerprint density at radius 1 is 0.878 bits per heavy atom. The van der Waals surface area contributed by atoms with E-state index in [1.807, 2.05) is 75.4 Å². The lowest BCUT2D eigenvalue weighted by atomic mass is 9.95. The van der Waals surface area contributed by atoms with Crippen LogP contribution in [-0.2, 0) is 14.3 Å². The molecule has 0 spiro atoms. The second-order valence-electron chi connectivity index (χ2n) is 11.9. The molecule has 7 nitrogen and oxygen atoms in total. The molecule has 0 fully saturated rings. The number of carbonyl (C=O) groups is 3. The second-order valence-corrected chi connectivity index (χ2v) is 11.9. The summed E-state index contributed by atoms with van der Waals surface area (Å²) in [7, 11) is 0. The molecule has 226 valence electrons. The van der Waals surface area contributed by atoms with Gasteiger partial charge in [0, 0.05) is 12.2 Å². The Bertz CT molecular complexity index is 1100. The first kappa shape index (κ1) is 33.9. The van der Waals surface area contributed by atoms with Crippen molar-refractivity contribution >= 4 is 23.6 Å². The van der Waals surface area contributed by atoms with Crippen molar-refractivity contribution in [3.63, 3.8) is 0 Å². The molecule has 0 saturated carbocycles. The number of unbranched alkanes of at least 4 members (excludes halogenated alkanes) is 5.